The average Bonchev–Trinajstić information content (AvgIpc) is 3.43. The number of hydrogen-bond acceptors (Lipinski definition) is 4. The molecule has 7 nitrogen and oxygen atoms in total. The van der Waals surface area contributed by atoms with Gasteiger partial charge >= 0.3 is 0 Å². The molecule has 4 rings (SSSR count). The van der Waals surface area contributed by atoms with E-state index in [1.54, 1.807) is 33.9 Å². The average molecular weight is 562 g/mol. The summed E-state index contributed by atoms with van der Waals surface area (Å²) in [6.45, 7) is 6.28. The number of hydrogen-bond donors (Lipinski definition) is 1. The molecule has 0 saturated carbocycles. The van der Waals surface area contributed by atoms with E-state index in [1.165, 1.54) is 6.33 Å². The molecular weight excluding hydrogens is 539 g/mol. The summed E-state index contributed by atoms with van der Waals surface area (Å²) >= 11 is 16.2. The summed E-state index contributed by atoms with van der Waals surface area (Å²) in [5.74, 6) is -0.274. The molecule has 0 aliphatic heterocycles. The van der Waals surface area contributed by atoms with E-state index >= 15 is 0 Å². The number of halogens is 3. The fourth-order valence-corrected chi connectivity index (χ4v) is 4.20. The van der Waals surface area contributed by atoms with Crippen LogP contribution in [0.3, 0.4) is 0 Å². The van der Waals surface area contributed by atoms with Gasteiger partial charge in [0, 0.05) is 26.2 Å². The van der Waals surface area contributed by atoms with Crippen molar-refractivity contribution in [2.24, 2.45) is 0 Å². The Kier molecular flexibility index (Phi) is 7.12. The van der Waals surface area contributed by atoms with Gasteiger partial charge in [-0.25, -0.2) is 14.3 Å². The predicted molar refractivity (Wildman–Crippen MR) is 138 cm³/mol. The summed E-state index contributed by atoms with van der Waals surface area (Å²) in [4.78, 5) is 17.5. The Morgan fingerprint density at radius 2 is 1.88 bits per heavy atom. The van der Waals surface area contributed by atoms with Crippen molar-refractivity contribution in [1.82, 2.24) is 29.9 Å². The maximum Gasteiger partial charge on any atom is 0.272 e. The number of amides is 1. The maximum absolute atomic E-state index is 13.5. The maximum atomic E-state index is 13.5. The quantitative estimate of drug-likeness (QED) is 0.293. The standard InChI is InChI=1S/C24H23BrCl2N6O/c1-4-24(2,3)30-23(34)21-18(12-32-14-28-13-29-32)22(15-5-7-16(25)8-6-15)33(31-21)20-10-9-17(26)11-19(20)27/h5-11,13-14H,4,12H2,1-3H3,(H,30,34). The van der Waals surface area contributed by atoms with Crippen LogP contribution in [0, 0.1) is 0 Å². The van der Waals surface area contributed by atoms with Gasteiger partial charge < -0.3 is 5.32 Å². The van der Waals surface area contributed by atoms with Crippen LogP contribution in [0.2, 0.25) is 10.0 Å². The zero-order valence-electron chi connectivity index (χ0n) is 18.9. The number of benzene rings is 2. The fourth-order valence-electron chi connectivity index (χ4n) is 3.45. The molecule has 34 heavy (non-hydrogen) atoms. The largest absolute Gasteiger partial charge is 0.346 e. The normalized spacial score (nSPS) is 11.6. The van der Waals surface area contributed by atoms with Gasteiger partial charge in [0.15, 0.2) is 5.69 Å². The Hall–Kier alpha value is -2.68. The van der Waals surface area contributed by atoms with Crippen LogP contribution in [-0.2, 0) is 6.54 Å². The monoisotopic (exact) mass is 560 g/mol. The van der Waals surface area contributed by atoms with Gasteiger partial charge in [0.1, 0.15) is 12.7 Å². The lowest BCUT2D eigenvalue weighted by molar-refractivity contribution is 0.0904. The molecule has 0 saturated heterocycles. The second-order valence-electron chi connectivity index (χ2n) is 8.47. The number of nitrogens with zero attached hydrogens (tertiary/aromatic N) is 5. The van der Waals surface area contributed by atoms with E-state index in [2.05, 4.69) is 31.3 Å². The second-order valence-corrected chi connectivity index (χ2v) is 10.2. The first kappa shape index (κ1) is 24.4. The highest BCUT2D eigenvalue weighted by Gasteiger charge is 2.29. The van der Waals surface area contributed by atoms with Gasteiger partial charge in [-0.05, 0) is 50.6 Å². The van der Waals surface area contributed by atoms with E-state index in [9.17, 15) is 4.79 Å². The lowest BCUT2D eigenvalue weighted by atomic mass is 10.0. The first-order valence-corrected chi connectivity index (χ1v) is 12.2. The van der Waals surface area contributed by atoms with Crippen molar-refractivity contribution in [2.45, 2.75) is 39.3 Å². The molecule has 2 heterocycles. The summed E-state index contributed by atoms with van der Waals surface area (Å²) in [6.07, 6.45) is 3.83. The van der Waals surface area contributed by atoms with Crippen LogP contribution in [0.4, 0.5) is 0 Å². The van der Waals surface area contributed by atoms with Crippen LogP contribution in [0.25, 0.3) is 16.9 Å². The molecule has 1 N–H and O–H groups in total. The zero-order valence-corrected chi connectivity index (χ0v) is 22.0. The van der Waals surface area contributed by atoms with E-state index in [-0.39, 0.29) is 5.91 Å². The van der Waals surface area contributed by atoms with Crippen molar-refractivity contribution >= 4 is 45.0 Å². The van der Waals surface area contributed by atoms with Gasteiger partial charge in [-0.1, -0.05) is 58.2 Å². The van der Waals surface area contributed by atoms with Crippen molar-refractivity contribution in [3.63, 3.8) is 0 Å². The SMILES string of the molecule is CCC(C)(C)NC(=O)c1nn(-c2ccc(Cl)cc2Cl)c(-c2ccc(Br)cc2)c1Cn1cncn1. The fraction of sp³-hybridized carbons (Fsp3) is 0.250. The van der Waals surface area contributed by atoms with Gasteiger partial charge in [0.25, 0.3) is 5.91 Å². The van der Waals surface area contributed by atoms with Crippen molar-refractivity contribution < 1.29 is 4.79 Å². The molecule has 10 heteroatoms. The summed E-state index contributed by atoms with van der Waals surface area (Å²) in [5.41, 5.74) is 2.79. The molecular formula is C24H23BrCl2N6O. The van der Waals surface area contributed by atoms with E-state index < -0.39 is 5.54 Å². The van der Waals surface area contributed by atoms with Crippen LogP contribution in [0.15, 0.2) is 59.6 Å². The minimum absolute atomic E-state index is 0.274. The summed E-state index contributed by atoms with van der Waals surface area (Å²) in [5, 5.41) is 13.0. The van der Waals surface area contributed by atoms with Crippen LogP contribution in [-0.4, -0.2) is 36.0 Å². The van der Waals surface area contributed by atoms with Gasteiger partial charge in [-0.2, -0.15) is 10.2 Å². The lowest BCUT2D eigenvalue weighted by Gasteiger charge is -2.24. The Bertz CT molecular complexity index is 1320. The molecule has 0 fully saturated rings. The first-order chi connectivity index (χ1) is 16.2. The van der Waals surface area contributed by atoms with Crippen LogP contribution in [0.5, 0.6) is 0 Å². The molecule has 2 aromatic heterocycles. The smallest absolute Gasteiger partial charge is 0.272 e. The van der Waals surface area contributed by atoms with Crippen LogP contribution in [0.1, 0.15) is 43.2 Å². The minimum atomic E-state index is -0.402. The molecule has 0 radical (unpaired) electrons. The third kappa shape index (κ3) is 5.19. The molecule has 4 aromatic rings. The molecule has 0 unspecified atom stereocenters. The van der Waals surface area contributed by atoms with Crippen molar-refractivity contribution in [2.75, 3.05) is 0 Å². The Morgan fingerprint density at radius 3 is 2.50 bits per heavy atom. The van der Waals surface area contributed by atoms with Gasteiger partial charge in [0.05, 0.1) is 22.9 Å². The molecule has 2 aromatic carbocycles. The highest BCUT2D eigenvalue weighted by atomic mass is 79.9. The summed E-state index contributed by atoms with van der Waals surface area (Å²) < 4.78 is 4.30. The number of rotatable bonds is 7. The molecule has 1 amide bonds. The van der Waals surface area contributed by atoms with Gasteiger partial charge in [0.2, 0.25) is 0 Å². The Morgan fingerprint density at radius 1 is 1.15 bits per heavy atom. The van der Waals surface area contributed by atoms with E-state index in [1.807, 2.05) is 45.0 Å². The molecule has 0 bridgehead atoms. The minimum Gasteiger partial charge on any atom is -0.346 e. The highest BCUT2D eigenvalue weighted by Crippen LogP contribution is 2.34. The number of carbonyl (C=O) groups is 1. The summed E-state index contributed by atoms with van der Waals surface area (Å²) in [6, 6.07) is 13.0. The third-order valence-electron chi connectivity index (χ3n) is 5.58. The highest BCUT2D eigenvalue weighted by molar-refractivity contribution is 9.10. The zero-order chi connectivity index (χ0) is 24.5. The second kappa shape index (κ2) is 9.90. The van der Waals surface area contributed by atoms with Crippen molar-refractivity contribution in [3.05, 3.63) is 80.9 Å². The lowest BCUT2D eigenvalue weighted by Crippen LogP contribution is -2.43. The van der Waals surface area contributed by atoms with Crippen molar-refractivity contribution in [3.8, 4) is 16.9 Å². The molecule has 0 atom stereocenters. The van der Waals surface area contributed by atoms with E-state index in [0.717, 1.165) is 22.2 Å². The number of aromatic nitrogens is 5. The third-order valence-corrected chi connectivity index (χ3v) is 6.64. The predicted octanol–water partition coefficient (Wildman–Crippen LogP) is 6.17. The molecule has 0 spiro atoms. The Labute approximate surface area is 216 Å². The molecule has 0 aliphatic carbocycles. The van der Waals surface area contributed by atoms with Gasteiger partial charge in [-0.15, -0.1) is 0 Å². The number of carbonyl (C=O) groups excluding carboxylic acids is 1. The molecule has 0 aliphatic rings. The Balaban J connectivity index is 1.98. The van der Waals surface area contributed by atoms with E-state index in [0.29, 0.717) is 33.5 Å². The first-order valence-electron chi connectivity index (χ1n) is 10.7. The van der Waals surface area contributed by atoms with Crippen LogP contribution < -0.4 is 5.32 Å². The van der Waals surface area contributed by atoms with Gasteiger partial charge in [-0.3, -0.25) is 4.79 Å². The summed E-state index contributed by atoms with van der Waals surface area (Å²) in [7, 11) is 0. The van der Waals surface area contributed by atoms with E-state index in [4.69, 9.17) is 28.3 Å². The number of nitrogens with one attached hydrogen (secondary N) is 1. The topological polar surface area (TPSA) is 77.6 Å². The molecule has 176 valence electrons. The van der Waals surface area contributed by atoms with Crippen LogP contribution >= 0.6 is 39.1 Å². The van der Waals surface area contributed by atoms with Crippen molar-refractivity contribution in [1.29, 1.82) is 0 Å².